The van der Waals surface area contributed by atoms with Crippen molar-refractivity contribution in [2.75, 3.05) is 0 Å². The summed E-state index contributed by atoms with van der Waals surface area (Å²) in [6, 6.07) is 0. The highest BCUT2D eigenvalue weighted by Crippen LogP contribution is 2.14. The average molecular weight is 215 g/mol. The van der Waals surface area contributed by atoms with Gasteiger partial charge in [-0.05, 0) is 33.6 Å². The van der Waals surface area contributed by atoms with Crippen LogP contribution >= 0.6 is 11.6 Å². The normalized spacial score (nSPS) is 16.1. The lowest BCUT2D eigenvalue weighted by molar-refractivity contribution is 0.103. The van der Waals surface area contributed by atoms with Crippen LogP contribution in [0.5, 0.6) is 0 Å². The molecule has 1 atom stereocenters. The maximum atomic E-state index is 9.86. The molecular formula is C12H19ClO. The molecule has 0 saturated heterocycles. The molecule has 0 radical (unpaired) electrons. The third-order valence-corrected chi connectivity index (χ3v) is 1.99. The largest absolute Gasteiger partial charge is 0.386 e. The molecule has 80 valence electrons. The Bertz CT molecular complexity index is 233. The van der Waals surface area contributed by atoms with Crippen molar-refractivity contribution in [2.45, 2.75) is 39.2 Å². The Hall–Kier alpha value is -0.530. The molecular weight excluding hydrogens is 196 g/mol. The number of allylic oxidation sites excluding steroid dienone is 4. The van der Waals surface area contributed by atoms with Gasteiger partial charge in [-0.25, -0.2) is 0 Å². The van der Waals surface area contributed by atoms with E-state index in [1.165, 1.54) is 11.1 Å². The smallest absolute Gasteiger partial charge is 0.0805 e. The Morgan fingerprint density at radius 2 is 2.00 bits per heavy atom. The zero-order valence-electron chi connectivity index (χ0n) is 9.13. The van der Waals surface area contributed by atoms with Crippen LogP contribution in [-0.4, -0.2) is 10.7 Å². The van der Waals surface area contributed by atoms with E-state index in [2.05, 4.69) is 19.9 Å². The molecule has 1 nitrogen and oxygen atoms in total. The van der Waals surface area contributed by atoms with Crippen LogP contribution in [0.1, 0.15) is 33.6 Å². The fourth-order valence-electron chi connectivity index (χ4n) is 1.04. The van der Waals surface area contributed by atoms with Crippen LogP contribution in [-0.2, 0) is 0 Å². The summed E-state index contributed by atoms with van der Waals surface area (Å²) in [6.45, 7) is 5.91. The Kier molecular flexibility index (Phi) is 6.60. The fraction of sp³-hybridized carbons (Fsp3) is 0.500. The van der Waals surface area contributed by atoms with E-state index < -0.39 is 5.60 Å². The Labute approximate surface area is 91.8 Å². The van der Waals surface area contributed by atoms with E-state index in [1.807, 2.05) is 0 Å². The average Bonchev–Trinajstić information content (AvgIpc) is 2.03. The van der Waals surface area contributed by atoms with Crippen molar-refractivity contribution in [3.05, 3.63) is 35.4 Å². The maximum absolute atomic E-state index is 9.86. The fourth-order valence-corrected chi connectivity index (χ4v) is 1.13. The summed E-state index contributed by atoms with van der Waals surface area (Å²) in [6.07, 6.45) is 8.95. The molecule has 2 heteroatoms. The van der Waals surface area contributed by atoms with Crippen LogP contribution in [0, 0.1) is 0 Å². The highest BCUT2D eigenvalue weighted by molar-refractivity contribution is 6.25. The summed E-state index contributed by atoms with van der Waals surface area (Å²) < 4.78 is 0. The number of halogens is 1. The summed E-state index contributed by atoms with van der Waals surface area (Å²) in [5, 5.41) is 9.86. The van der Waals surface area contributed by atoms with Gasteiger partial charge in [-0.1, -0.05) is 41.5 Å². The summed E-state index contributed by atoms with van der Waals surface area (Å²) >= 11 is 5.35. The van der Waals surface area contributed by atoms with Crippen LogP contribution < -0.4 is 0 Å². The summed E-state index contributed by atoms with van der Waals surface area (Å²) in [7, 11) is 0. The Morgan fingerprint density at radius 1 is 1.36 bits per heavy atom. The van der Waals surface area contributed by atoms with Crippen molar-refractivity contribution in [3.63, 3.8) is 0 Å². The zero-order chi connectivity index (χ0) is 11.0. The van der Waals surface area contributed by atoms with Gasteiger partial charge in [-0.2, -0.15) is 0 Å². The van der Waals surface area contributed by atoms with Crippen LogP contribution in [0.25, 0.3) is 0 Å². The van der Waals surface area contributed by atoms with E-state index in [9.17, 15) is 5.11 Å². The predicted octanol–water partition coefficient (Wildman–Crippen LogP) is 3.79. The van der Waals surface area contributed by atoms with Gasteiger partial charge in [0.25, 0.3) is 0 Å². The molecule has 0 aromatic heterocycles. The molecule has 0 bridgehead atoms. The molecule has 0 fully saturated rings. The van der Waals surface area contributed by atoms with E-state index >= 15 is 0 Å². The van der Waals surface area contributed by atoms with E-state index in [4.69, 9.17) is 11.6 Å². The van der Waals surface area contributed by atoms with Crippen LogP contribution in [0.4, 0.5) is 0 Å². The molecule has 0 aliphatic carbocycles. The number of hydrogen-bond donors (Lipinski definition) is 1. The predicted molar refractivity (Wildman–Crippen MR) is 63.4 cm³/mol. The molecule has 14 heavy (non-hydrogen) atoms. The van der Waals surface area contributed by atoms with Gasteiger partial charge in [0.15, 0.2) is 0 Å². The van der Waals surface area contributed by atoms with E-state index in [0.29, 0.717) is 0 Å². The van der Waals surface area contributed by atoms with Crippen molar-refractivity contribution in [3.8, 4) is 0 Å². The molecule has 0 amide bonds. The first-order chi connectivity index (χ1) is 6.48. The van der Waals surface area contributed by atoms with Crippen molar-refractivity contribution < 1.29 is 5.11 Å². The molecule has 0 saturated carbocycles. The van der Waals surface area contributed by atoms with Gasteiger partial charge in [-0.15, -0.1) is 0 Å². The van der Waals surface area contributed by atoms with Gasteiger partial charge in [0.2, 0.25) is 0 Å². The first-order valence-electron chi connectivity index (χ1n) is 4.78. The molecule has 0 aliphatic heterocycles. The number of aliphatic hydroxyl groups is 1. The van der Waals surface area contributed by atoms with Crippen LogP contribution in [0.2, 0.25) is 0 Å². The van der Waals surface area contributed by atoms with E-state index in [1.54, 1.807) is 25.2 Å². The summed E-state index contributed by atoms with van der Waals surface area (Å²) in [4.78, 5) is 0. The SMILES string of the molecule is CC(C)=CCC[C@@](C)(O)/C=C/C=C/Cl. The summed E-state index contributed by atoms with van der Waals surface area (Å²) in [5.41, 5.74) is 1.95. The molecule has 0 spiro atoms. The molecule has 0 heterocycles. The van der Waals surface area contributed by atoms with Gasteiger partial charge < -0.3 is 5.11 Å². The minimum Gasteiger partial charge on any atom is -0.386 e. The second-order valence-electron chi connectivity index (χ2n) is 3.85. The van der Waals surface area contributed by atoms with Crippen molar-refractivity contribution in [1.82, 2.24) is 0 Å². The first-order valence-corrected chi connectivity index (χ1v) is 5.22. The molecule has 0 aromatic carbocycles. The molecule has 0 aliphatic rings. The van der Waals surface area contributed by atoms with Gasteiger partial charge in [0.1, 0.15) is 0 Å². The van der Waals surface area contributed by atoms with Gasteiger partial charge in [0.05, 0.1) is 5.60 Å². The lowest BCUT2D eigenvalue weighted by atomic mass is 9.99. The van der Waals surface area contributed by atoms with Crippen molar-refractivity contribution in [1.29, 1.82) is 0 Å². The third-order valence-electron chi connectivity index (χ3n) is 1.84. The van der Waals surface area contributed by atoms with Crippen LogP contribution in [0.15, 0.2) is 35.4 Å². The van der Waals surface area contributed by atoms with Crippen LogP contribution in [0.3, 0.4) is 0 Å². The molecule has 0 aromatic rings. The zero-order valence-corrected chi connectivity index (χ0v) is 9.88. The van der Waals surface area contributed by atoms with Gasteiger partial charge in [-0.3, -0.25) is 0 Å². The van der Waals surface area contributed by atoms with E-state index in [0.717, 1.165) is 12.8 Å². The first kappa shape index (κ1) is 13.5. The molecule has 0 unspecified atom stereocenters. The molecule has 0 rings (SSSR count). The summed E-state index contributed by atoms with van der Waals surface area (Å²) in [5.74, 6) is 0. The monoisotopic (exact) mass is 214 g/mol. The number of rotatable bonds is 5. The molecule has 1 N–H and O–H groups in total. The van der Waals surface area contributed by atoms with Gasteiger partial charge >= 0.3 is 0 Å². The highest BCUT2D eigenvalue weighted by atomic mass is 35.5. The Morgan fingerprint density at radius 3 is 2.50 bits per heavy atom. The minimum absolute atomic E-state index is 0.727. The maximum Gasteiger partial charge on any atom is 0.0805 e. The second kappa shape index (κ2) is 6.86. The topological polar surface area (TPSA) is 20.2 Å². The third kappa shape index (κ3) is 8.09. The minimum atomic E-state index is -0.748. The highest BCUT2D eigenvalue weighted by Gasteiger charge is 2.13. The lowest BCUT2D eigenvalue weighted by Gasteiger charge is -2.17. The lowest BCUT2D eigenvalue weighted by Crippen LogP contribution is -2.19. The van der Waals surface area contributed by atoms with Gasteiger partial charge in [0, 0.05) is 5.54 Å². The van der Waals surface area contributed by atoms with E-state index in [-0.39, 0.29) is 0 Å². The van der Waals surface area contributed by atoms with Crippen molar-refractivity contribution >= 4 is 11.6 Å². The standard InChI is InChI=1S/C12H19ClO/c1-11(2)7-6-9-12(3,14)8-4-5-10-13/h4-5,7-8,10,14H,6,9H2,1-3H3/b8-4+,10-5+/t12-/m0/s1. The quantitative estimate of drug-likeness (QED) is 0.545. The number of hydrogen-bond acceptors (Lipinski definition) is 1. The Balaban J connectivity index is 4.01. The second-order valence-corrected chi connectivity index (χ2v) is 4.11. The van der Waals surface area contributed by atoms with Crippen molar-refractivity contribution in [2.24, 2.45) is 0 Å².